The van der Waals surface area contributed by atoms with E-state index in [9.17, 15) is 9.59 Å². The quantitative estimate of drug-likeness (QED) is 0.207. The minimum Gasteiger partial charge on any atom is -0.493 e. The molecule has 1 aliphatic rings. The molecule has 1 aliphatic heterocycles. The number of nitrogens with zero attached hydrogens (tertiary/aromatic N) is 2. The lowest BCUT2D eigenvalue weighted by Gasteiger charge is -2.46. The second-order valence-electron chi connectivity index (χ2n) is 12.3. The second kappa shape index (κ2) is 15.3. The maximum Gasteiger partial charge on any atom is 0.306 e. The van der Waals surface area contributed by atoms with E-state index in [1.807, 2.05) is 33.3 Å². The fourth-order valence-corrected chi connectivity index (χ4v) is 5.56. The molecule has 0 spiro atoms. The van der Waals surface area contributed by atoms with Crippen LogP contribution in [-0.2, 0) is 31.9 Å². The molecular weight excluding hydrogens is 568 g/mol. The number of methoxy groups -OCH3 is 5. The number of rotatable bonds is 16. The van der Waals surface area contributed by atoms with Gasteiger partial charge in [0.2, 0.25) is 5.75 Å². The normalized spacial score (nSPS) is 17.7. The predicted octanol–water partition coefficient (Wildman–Crippen LogP) is 3.59. The van der Waals surface area contributed by atoms with E-state index in [1.165, 1.54) is 5.56 Å². The van der Waals surface area contributed by atoms with Crippen molar-refractivity contribution in [3.8, 4) is 28.7 Å². The second-order valence-corrected chi connectivity index (χ2v) is 12.3. The first-order chi connectivity index (χ1) is 20.9. The number of carbonyl (C=O) groups is 2. The third-order valence-corrected chi connectivity index (χ3v) is 8.23. The minimum atomic E-state index is -0.412. The van der Waals surface area contributed by atoms with Crippen LogP contribution in [0.25, 0.3) is 0 Å². The first kappa shape index (κ1) is 34.8. The summed E-state index contributed by atoms with van der Waals surface area (Å²) in [5, 5.41) is 0. The molecule has 0 aromatic heterocycles. The fraction of sp³-hybridized carbons (Fsp3) is 0.576. The zero-order chi connectivity index (χ0) is 32.5. The molecule has 11 nitrogen and oxygen atoms in total. The van der Waals surface area contributed by atoms with E-state index in [0.29, 0.717) is 63.8 Å². The summed E-state index contributed by atoms with van der Waals surface area (Å²) in [7, 11) is 16.3. The molecule has 11 heteroatoms. The molecule has 0 saturated heterocycles. The van der Waals surface area contributed by atoms with Crippen LogP contribution in [0.3, 0.4) is 0 Å². The van der Waals surface area contributed by atoms with Gasteiger partial charge in [0.1, 0.15) is 32.3 Å². The summed E-state index contributed by atoms with van der Waals surface area (Å²) >= 11 is 0. The Morgan fingerprint density at radius 2 is 1.32 bits per heavy atom. The first-order valence-corrected chi connectivity index (χ1v) is 14.9. The van der Waals surface area contributed by atoms with Gasteiger partial charge in [-0.05, 0) is 35.4 Å². The average Bonchev–Trinajstić information content (AvgIpc) is 2.99. The number of likely N-dealkylation sites (N-methyl/N-ethyl adjacent to an activating group) is 2. The monoisotopic (exact) mass is 618 g/mol. The molecule has 0 saturated carbocycles. The van der Waals surface area contributed by atoms with E-state index in [0.717, 1.165) is 24.1 Å². The summed E-state index contributed by atoms with van der Waals surface area (Å²) in [6.45, 7) is 2.65. The van der Waals surface area contributed by atoms with Crippen molar-refractivity contribution in [3.63, 3.8) is 0 Å². The standard InChI is InChI=1S/C33H50N2O9/c1-34(2,3)14-16-43-31(36)10-11-32(37)44-17-15-35(4)13-12-24-21-27(38-5)28(39-6)22-25(24)26(35)18-23-19-29(40-7)33(42-9)30(20-23)41-8/h19-22,26H,10-18H2,1-9H3/q+2. The van der Waals surface area contributed by atoms with Crippen LogP contribution in [-0.4, -0.2) is 117 Å². The van der Waals surface area contributed by atoms with E-state index in [-0.39, 0.29) is 25.5 Å². The predicted molar refractivity (Wildman–Crippen MR) is 166 cm³/mol. The van der Waals surface area contributed by atoms with Crippen LogP contribution in [0.2, 0.25) is 0 Å². The molecule has 2 aromatic carbocycles. The summed E-state index contributed by atoms with van der Waals surface area (Å²) in [5.74, 6) is 2.26. The number of carbonyl (C=O) groups excluding carboxylic acids is 2. The maximum absolute atomic E-state index is 12.5. The van der Waals surface area contributed by atoms with E-state index in [4.69, 9.17) is 33.2 Å². The molecule has 244 valence electrons. The highest BCUT2D eigenvalue weighted by molar-refractivity contribution is 5.77. The molecule has 0 N–H and O–H groups in total. The molecule has 2 atom stereocenters. The SMILES string of the molecule is COc1cc2c(cc1OC)C(Cc1cc(OC)c(OC)c(OC)c1)[N+](C)(CCOC(=O)CCC(=O)OCC[N+](C)(C)C)CC2. The Kier molecular flexibility index (Phi) is 12.1. The van der Waals surface area contributed by atoms with Crippen molar-refractivity contribution in [2.75, 3.05) is 96.6 Å². The molecule has 0 amide bonds. The molecule has 3 rings (SSSR count). The summed E-state index contributed by atoms with van der Waals surface area (Å²) in [6, 6.07) is 8.05. The fourth-order valence-electron chi connectivity index (χ4n) is 5.56. The maximum atomic E-state index is 12.5. The lowest BCUT2D eigenvalue weighted by Crippen LogP contribution is -2.53. The number of fused-ring (bicyclic) bond motifs is 1. The summed E-state index contributed by atoms with van der Waals surface area (Å²) in [6.07, 6.45) is 1.47. The van der Waals surface area contributed by atoms with Gasteiger partial charge in [-0.3, -0.25) is 9.59 Å². The van der Waals surface area contributed by atoms with Gasteiger partial charge in [0.05, 0.1) is 83.1 Å². The number of hydrogen-bond acceptors (Lipinski definition) is 9. The van der Waals surface area contributed by atoms with Gasteiger partial charge in [-0.2, -0.15) is 0 Å². The Morgan fingerprint density at radius 3 is 1.84 bits per heavy atom. The lowest BCUT2D eigenvalue weighted by molar-refractivity contribution is -0.941. The van der Waals surface area contributed by atoms with Crippen molar-refractivity contribution in [1.82, 2.24) is 0 Å². The summed E-state index contributed by atoms with van der Waals surface area (Å²) < 4.78 is 40.3. The van der Waals surface area contributed by atoms with Crippen LogP contribution in [0.1, 0.15) is 35.6 Å². The van der Waals surface area contributed by atoms with Crippen molar-refractivity contribution in [1.29, 1.82) is 0 Å². The number of hydrogen-bond donors (Lipinski definition) is 0. The molecule has 0 bridgehead atoms. The van der Waals surface area contributed by atoms with Crippen LogP contribution in [0.4, 0.5) is 0 Å². The Balaban J connectivity index is 1.79. The zero-order valence-corrected chi connectivity index (χ0v) is 27.8. The van der Waals surface area contributed by atoms with Gasteiger partial charge in [0.25, 0.3) is 0 Å². The Labute approximate surface area is 261 Å². The van der Waals surface area contributed by atoms with Gasteiger partial charge < -0.3 is 42.1 Å². The molecule has 0 aliphatic carbocycles. The van der Waals surface area contributed by atoms with Crippen molar-refractivity contribution in [3.05, 3.63) is 41.0 Å². The zero-order valence-electron chi connectivity index (χ0n) is 27.8. The van der Waals surface area contributed by atoms with Crippen molar-refractivity contribution in [2.45, 2.75) is 31.7 Å². The van der Waals surface area contributed by atoms with Crippen molar-refractivity contribution in [2.24, 2.45) is 0 Å². The Hall–Kier alpha value is -3.70. The van der Waals surface area contributed by atoms with Crippen molar-refractivity contribution < 1.29 is 51.7 Å². The van der Waals surface area contributed by atoms with Crippen LogP contribution in [0.5, 0.6) is 28.7 Å². The molecule has 0 fully saturated rings. The number of esters is 2. The number of benzene rings is 2. The molecule has 0 radical (unpaired) electrons. The van der Waals surface area contributed by atoms with E-state index < -0.39 is 11.9 Å². The highest BCUT2D eigenvalue weighted by Gasteiger charge is 2.40. The largest absolute Gasteiger partial charge is 0.493 e. The smallest absolute Gasteiger partial charge is 0.306 e. The molecule has 2 unspecified atom stereocenters. The molecular formula is C33H50N2O9+2. The van der Waals surface area contributed by atoms with Crippen LogP contribution in [0, 0.1) is 0 Å². The van der Waals surface area contributed by atoms with Gasteiger partial charge in [0.15, 0.2) is 23.0 Å². The summed E-state index contributed by atoms with van der Waals surface area (Å²) in [4.78, 5) is 24.6. The third kappa shape index (κ3) is 8.92. The van der Waals surface area contributed by atoms with Crippen LogP contribution >= 0.6 is 0 Å². The van der Waals surface area contributed by atoms with Gasteiger partial charge in [0, 0.05) is 18.4 Å². The van der Waals surface area contributed by atoms with Gasteiger partial charge in [-0.15, -0.1) is 0 Å². The highest BCUT2D eigenvalue weighted by atomic mass is 16.5. The third-order valence-electron chi connectivity index (χ3n) is 8.23. The molecule has 44 heavy (non-hydrogen) atoms. The highest BCUT2D eigenvalue weighted by Crippen LogP contribution is 2.44. The molecule has 1 heterocycles. The first-order valence-electron chi connectivity index (χ1n) is 14.9. The topological polar surface area (TPSA) is 98.8 Å². The average molecular weight is 619 g/mol. The van der Waals surface area contributed by atoms with Gasteiger partial charge >= 0.3 is 11.9 Å². The van der Waals surface area contributed by atoms with E-state index in [1.54, 1.807) is 35.5 Å². The van der Waals surface area contributed by atoms with Crippen LogP contribution < -0.4 is 23.7 Å². The minimum absolute atomic E-state index is 0.000858. The van der Waals surface area contributed by atoms with E-state index in [2.05, 4.69) is 19.2 Å². The van der Waals surface area contributed by atoms with E-state index >= 15 is 0 Å². The number of quaternary nitrogens is 2. The van der Waals surface area contributed by atoms with Crippen molar-refractivity contribution >= 4 is 11.9 Å². The Bertz CT molecular complexity index is 1270. The molecule has 2 aromatic rings. The summed E-state index contributed by atoms with van der Waals surface area (Å²) in [5.41, 5.74) is 3.35. The van der Waals surface area contributed by atoms with Gasteiger partial charge in [-0.1, -0.05) is 0 Å². The van der Waals surface area contributed by atoms with Crippen LogP contribution in [0.15, 0.2) is 24.3 Å². The van der Waals surface area contributed by atoms with Gasteiger partial charge in [-0.25, -0.2) is 0 Å². The Morgan fingerprint density at radius 1 is 0.773 bits per heavy atom. The lowest BCUT2D eigenvalue weighted by atomic mass is 9.86. The number of ether oxygens (including phenoxy) is 7.